The summed E-state index contributed by atoms with van der Waals surface area (Å²) in [6, 6.07) is -1.84. The number of amides is 1. The van der Waals surface area contributed by atoms with Crippen molar-refractivity contribution in [1.29, 1.82) is 0 Å². The maximum Gasteiger partial charge on any atom is 0.335 e. The average Bonchev–Trinajstić information content (AvgIpc) is 3.22. The molecule has 0 saturated carbocycles. The van der Waals surface area contributed by atoms with Crippen LogP contribution >= 0.6 is 11.8 Å². The minimum absolute atomic E-state index is 0.0719. The number of ether oxygens (including phenoxy) is 2. The number of likely N-dealkylation sites (N-methyl/N-ethyl adjacent to an activating group) is 1. The zero-order valence-corrected chi connectivity index (χ0v) is 18.6. The second kappa shape index (κ2) is 12.2. The molecule has 33 heavy (non-hydrogen) atoms. The van der Waals surface area contributed by atoms with Crippen LogP contribution in [-0.4, -0.2) is 120 Å². The van der Waals surface area contributed by atoms with Crippen molar-refractivity contribution < 1.29 is 49.4 Å². The molecule has 1 aromatic heterocycles. The Morgan fingerprint density at radius 3 is 2.48 bits per heavy atom. The van der Waals surface area contributed by atoms with Gasteiger partial charge in [0.1, 0.15) is 31.1 Å². The number of nitrogens with one attached hydrogen (secondary N) is 2. The number of rotatable bonds is 12. The van der Waals surface area contributed by atoms with Crippen LogP contribution in [-0.2, 0) is 37.0 Å². The van der Waals surface area contributed by atoms with Crippen molar-refractivity contribution in [2.45, 2.75) is 55.9 Å². The first-order valence-electron chi connectivity index (χ1n) is 9.71. The highest BCUT2D eigenvalue weighted by Crippen LogP contribution is 2.22. The van der Waals surface area contributed by atoms with Crippen molar-refractivity contribution in [3.63, 3.8) is 0 Å². The van der Waals surface area contributed by atoms with E-state index in [1.165, 1.54) is 29.7 Å². The number of aliphatic hydroxyl groups excluding tert-OH is 3. The predicted octanol–water partition coefficient (Wildman–Crippen LogP) is -3.79. The number of carboxylic acids is 2. The molecule has 186 valence electrons. The van der Waals surface area contributed by atoms with Gasteiger partial charge in [-0.2, -0.15) is 11.8 Å². The summed E-state index contributed by atoms with van der Waals surface area (Å²) in [6.45, 7) is -0.352. The van der Waals surface area contributed by atoms with Gasteiger partial charge in [0, 0.05) is 12.2 Å². The fraction of sp³-hybridized carbons (Fsp3) is 0.706. The van der Waals surface area contributed by atoms with Gasteiger partial charge in [-0.3, -0.25) is 4.79 Å². The van der Waals surface area contributed by atoms with E-state index >= 15 is 0 Å². The van der Waals surface area contributed by atoms with Crippen molar-refractivity contribution in [2.75, 3.05) is 19.1 Å². The topological polar surface area (TPSA) is 226 Å². The molecule has 1 saturated heterocycles. The lowest BCUT2D eigenvalue weighted by Crippen LogP contribution is -2.60. The smallest absolute Gasteiger partial charge is 0.335 e. The van der Waals surface area contributed by atoms with E-state index < -0.39 is 60.6 Å². The largest absolute Gasteiger partial charge is 0.480 e. The Morgan fingerprint density at radius 1 is 1.21 bits per heavy atom. The van der Waals surface area contributed by atoms with Crippen LogP contribution in [0.5, 0.6) is 0 Å². The molecule has 0 radical (unpaired) electrons. The number of carboxylic acid groups (broad SMARTS) is 2. The molecule has 2 rings (SSSR count). The van der Waals surface area contributed by atoms with Gasteiger partial charge in [-0.25, -0.2) is 14.3 Å². The van der Waals surface area contributed by atoms with E-state index in [0.717, 1.165) is 0 Å². The molecule has 1 aliphatic rings. The highest BCUT2D eigenvalue weighted by molar-refractivity contribution is 7.98. The second-order valence-corrected chi connectivity index (χ2v) is 8.09. The van der Waals surface area contributed by atoms with Crippen molar-refractivity contribution in [3.8, 4) is 0 Å². The Hall–Kier alpha value is -2.34. The summed E-state index contributed by atoms with van der Waals surface area (Å²) in [4.78, 5) is 34.8. The summed E-state index contributed by atoms with van der Waals surface area (Å²) in [5, 5.41) is 60.6. The summed E-state index contributed by atoms with van der Waals surface area (Å²) in [7, 11) is 1.53. The lowest BCUT2D eigenvalue weighted by Gasteiger charge is -2.38. The molecule has 0 spiro atoms. The van der Waals surface area contributed by atoms with Gasteiger partial charge < -0.3 is 45.6 Å². The van der Waals surface area contributed by atoms with E-state index in [1.807, 2.05) is 0 Å². The molecule has 15 nitrogen and oxygen atoms in total. The van der Waals surface area contributed by atoms with Crippen LogP contribution in [0.3, 0.4) is 0 Å². The number of hydrogen-bond acceptors (Lipinski definition) is 12. The second-order valence-electron chi connectivity index (χ2n) is 7.18. The molecular weight excluding hydrogens is 466 g/mol. The fourth-order valence-electron chi connectivity index (χ4n) is 2.98. The summed E-state index contributed by atoms with van der Waals surface area (Å²) < 4.78 is 11.5. The normalized spacial score (nSPS) is 27.0. The third kappa shape index (κ3) is 7.07. The molecule has 1 aromatic rings. The van der Waals surface area contributed by atoms with Crippen LogP contribution in [0.2, 0.25) is 0 Å². The van der Waals surface area contributed by atoms with E-state index in [4.69, 9.17) is 14.6 Å². The van der Waals surface area contributed by atoms with Gasteiger partial charge >= 0.3 is 11.9 Å². The molecule has 0 aliphatic carbocycles. The summed E-state index contributed by atoms with van der Waals surface area (Å²) in [5.41, 5.74) is 0.355. The number of aromatic nitrogens is 3. The van der Waals surface area contributed by atoms with Crippen LogP contribution < -0.4 is 10.6 Å². The summed E-state index contributed by atoms with van der Waals surface area (Å²) in [6.07, 6.45) is -5.48. The van der Waals surface area contributed by atoms with E-state index in [-0.39, 0.29) is 18.9 Å². The van der Waals surface area contributed by atoms with E-state index in [1.54, 1.807) is 6.26 Å². The Morgan fingerprint density at radius 2 is 1.91 bits per heavy atom. The van der Waals surface area contributed by atoms with E-state index in [9.17, 15) is 34.8 Å². The number of carbonyl (C=O) groups excluding carboxylic acids is 1. The maximum absolute atomic E-state index is 12.4. The molecule has 1 amide bonds. The molecule has 0 aromatic carbocycles. The molecule has 0 bridgehead atoms. The highest BCUT2D eigenvalue weighted by Gasteiger charge is 2.47. The van der Waals surface area contributed by atoms with Gasteiger partial charge in [0.25, 0.3) is 0 Å². The molecule has 1 aliphatic heterocycles. The molecule has 16 heteroatoms. The lowest BCUT2D eigenvalue weighted by atomic mass is 9.99. The Labute approximate surface area is 192 Å². The van der Waals surface area contributed by atoms with Crippen LogP contribution in [0.1, 0.15) is 5.69 Å². The van der Waals surface area contributed by atoms with Crippen molar-refractivity contribution >= 4 is 29.6 Å². The first kappa shape index (κ1) is 26.9. The first-order chi connectivity index (χ1) is 15.6. The van der Waals surface area contributed by atoms with Crippen LogP contribution in [0, 0.1) is 0 Å². The third-order valence-corrected chi connectivity index (χ3v) is 5.46. The summed E-state index contributed by atoms with van der Waals surface area (Å²) in [5.74, 6) is -3.01. The quantitative estimate of drug-likeness (QED) is 0.148. The molecule has 1 fully saturated rings. The Balaban J connectivity index is 1.95. The minimum atomic E-state index is -1.84. The SMILES string of the molecule is CN[C@@H](Cc1cn(COC2OC(C(=O)O)C(O)[C@H](O)[C@H]2O)nn1)C(=O)N[C@H](CSC)C(=O)O. The lowest BCUT2D eigenvalue weighted by molar-refractivity contribution is -0.302. The standard InChI is InChI=1S/C17H27N5O10S/c1-18-8(14(26)19-9(5-33-2)15(27)28)3-7-4-22(21-20-7)6-31-17-12(25)10(23)11(24)13(32-17)16(29)30/h4,8-13,17-18,23-25H,3,5-6H2,1-2H3,(H,19,26)(H,27,28)(H,29,30)/t8-,9+,10-,11?,12+,13?,17?/m0/s1. The highest BCUT2D eigenvalue weighted by atomic mass is 32.2. The minimum Gasteiger partial charge on any atom is -0.480 e. The Kier molecular flexibility index (Phi) is 9.96. The van der Waals surface area contributed by atoms with Gasteiger partial charge in [-0.15, -0.1) is 5.10 Å². The molecular formula is C17H27N5O10S. The molecule has 7 atom stereocenters. The van der Waals surface area contributed by atoms with Crippen LogP contribution in [0.25, 0.3) is 0 Å². The number of hydrogen-bond donors (Lipinski definition) is 7. The van der Waals surface area contributed by atoms with Crippen LogP contribution in [0.4, 0.5) is 0 Å². The predicted molar refractivity (Wildman–Crippen MR) is 110 cm³/mol. The van der Waals surface area contributed by atoms with E-state index in [0.29, 0.717) is 5.69 Å². The number of aliphatic carboxylic acids is 2. The zero-order valence-electron chi connectivity index (χ0n) is 17.8. The van der Waals surface area contributed by atoms with Gasteiger partial charge in [-0.05, 0) is 13.3 Å². The van der Waals surface area contributed by atoms with Crippen molar-refractivity contribution in [3.05, 3.63) is 11.9 Å². The zero-order chi connectivity index (χ0) is 24.7. The van der Waals surface area contributed by atoms with Crippen molar-refractivity contribution in [1.82, 2.24) is 25.6 Å². The number of carbonyl (C=O) groups is 3. The van der Waals surface area contributed by atoms with Crippen LogP contribution in [0.15, 0.2) is 6.20 Å². The average molecular weight is 493 g/mol. The summed E-state index contributed by atoms with van der Waals surface area (Å²) >= 11 is 1.28. The number of thioether (sulfide) groups is 1. The van der Waals surface area contributed by atoms with Gasteiger partial charge in [0.15, 0.2) is 12.4 Å². The fourth-order valence-corrected chi connectivity index (χ4v) is 3.54. The monoisotopic (exact) mass is 493 g/mol. The van der Waals surface area contributed by atoms with E-state index in [2.05, 4.69) is 20.9 Å². The maximum atomic E-state index is 12.4. The molecule has 3 unspecified atom stereocenters. The number of nitrogens with zero attached hydrogens (tertiary/aromatic N) is 3. The molecule has 7 N–H and O–H groups in total. The van der Waals surface area contributed by atoms with Gasteiger partial charge in [0.2, 0.25) is 5.91 Å². The van der Waals surface area contributed by atoms with Gasteiger partial charge in [0.05, 0.1) is 17.9 Å². The Bertz CT molecular complexity index is 826. The number of aliphatic hydroxyl groups is 3. The van der Waals surface area contributed by atoms with Crippen molar-refractivity contribution in [2.24, 2.45) is 0 Å². The first-order valence-corrected chi connectivity index (χ1v) is 11.1. The third-order valence-electron chi connectivity index (χ3n) is 4.80. The molecule has 2 heterocycles. The van der Waals surface area contributed by atoms with Gasteiger partial charge in [-0.1, -0.05) is 5.21 Å².